The molecule has 0 unspecified atom stereocenters. The summed E-state index contributed by atoms with van der Waals surface area (Å²) in [5.41, 5.74) is 4.22. The van der Waals surface area contributed by atoms with Crippen LogP contribution in [-0.2, 0) is 16.8 Å². The Balaban J connectivity index is 1.57. The van der Waals surface area contributed by atoms with Crippen LogP contribution in [0.4, 0.5) is 0 Å². The highest BCUT2D eigenvalue weighted by Gasteiger charge is 2.35. The van der Waals surface area contributed by atoms with E-state index in [4.69, 9.17) is 0 Å². The molecule has 0 N–H and O–H groups in total. The van der Waals surface area contributed by atoms with Crippen molar-refractivity contribution in [1.82, 2.24) is 4.90 Å². The first-order valence-electron chi connectivity index (χ1n) is 10.3. The Hall–Kier alpha value is -2.97. The van der Waals surface area contributed by atoms with Crippen LogP contribution >= 0.6 is 0 Å². The second-order valence-corrected chi connectivity index (χ2v) is 7.83. The Labute approximate surface area is 173 Å². The van der Waals surface area contributed by atoms with Gasteiger partial charge in [0, 0.05) is 19.6 Å². The van der Waals surface area contributed by atoms with Gasteiger partial charge in [0.15, 0.2) is 0 Å². The van der Waals surface area contributed by atoms with Crippen molar-refractivity contribution in [2.45, 2.75) is 24.8 Å². The zero-order chi connectivity index (χ0) is 19.9. The molecule has 0 amide bonds. The van der Waals surface area contributed by atoms with Crippen LogP contribution in [0, 0.1) is 0 Å². The average Bonchev–Trinajstić information content (AvgIpc) is 2.80. The van der Waals surface area contributed by atoms with E-state index in [9.17, 15) is 4.79 Å². The normalized spacial score (nSPS) is 15.0. The molecule has 4 rings (SSSR count). The number of carbonyl (C=O) groups is 1. The Morgan fingerprint density at radius 2 is 1.34 bits per heavy atom. The summed E-state index contributed by atoms with van der Waals surface area (Å²) in [6.45, 7) is 2.93. The van der Waals surface area contributed by atoms with E-state index < -0.39 is 5.41 Å². The largest absolute Gasteiger partial charge is 0.302 e. The van der Waals surface area contributed by atoms with E-state index in [1.807, 2.05) is 36.4 Å². The molecule has 3 aromatic rings. The SMILES string of the molecule is O=CC(CC1=CCN(Cc2ccccc2)CC1)(c1ccccc1)c1ccccc1. The summed E-state index contributed by atoms with van der Waals surface area (Å²) in [5, 5.41) is 0. The summed E-state index contributed by atoms with van der Waals surface area (Å²) in [6, 6.07) is 31.0. The second-order valence-electron chi connectivity index (χ2n) is 7.83. The third kappa shape index (κ3) is 4.38. The minimum atomic E-state index is -0.629. The van der Waals surface area contributed by atoms with Gasteiger partial charge >= 0.3 is 0 Å². The molecule has 0 atom stereocenters. The fourth-order valence-corrected chi connectivity index (χ4v) is 4.28. The highest BCUT2D eigenvalue weighted by molar-refractivity contribution is 5.75. The monoisotopic (exact) mass is 381 g/mol. The van der Waals surface area contributed by atoms with E-state index in [0.717, 1.165) is 49.9 Å². The molecule has 1 heterocycles. The average molecular weight is 382 g/mol. The molecule has 0 bridgehead atoms. The van der Waals surface area contributed by atoms with Crippen LogP contribution in [0.3, 0.4) is 0 Å². The summed E-state index contributed by atoms with van der Waals surface area (Å²) < 4.78 is 0. The van der Waals surface area contributed by atoms with Gasteiger partial charge in [0.25, 0.3) is 0 Å². The lowest BCUT2D eigenvalue weighted by atomic mass is 9.71. The van der Waals surface area contributed by atoms with Crippen molar-refractivity contribution in [3.8, 4) is 0 Å². The van der Waals surface area contributed by atoms with Gasteiger partial charge in [-0.25, -0.2) is 0 Å². The van der Waals surface area contributed by atoms with Crippen LogP contribution < -0.4 is 0 Å². The van der Waals surface area contributed by atoms with Crippen LogP contribution in [0.25, 0.3) is 0 Å². The molecular formula is C27H27NO. The molecule has 0 radical (unpaired) electrons. The standard InChI is InChI=1S/C27H27NO/c29-22-27(25-12-6-2-7-13-25,26-14-8-3-9-15-26)20-23-16-18-28(19-17-23)21-24-10-4-1-5-11-24/h1-16,22H,17-21H2. The molecule has 0 aliphatic carbocycles. The molecule has 0 aromatic heterocycles. The lowest BCUT2D eigenvalue weighted by Gasteiger charge is -2.33. The number of benzene rings is 3. The van der Waals surface area contributed by atoms with E-state index >= 15 is 0 Å². The zero-order valence-electron chi connectivity index (χ0n) is 16.7. The van der Waals surface area contributed by atoms with Gasteiger partial charge in [-0.1, -0.05) is 103 Å². The molecule has 3 aromatic carbocycles. The van der Waals surface area contributed by atoms with E-state index in [0.29, 0.717) is 0 Å². The summed E-state index contributed by atoms with van der Waals surface area (Å²) in [5.74, 6) is 0. The minimum absolute atomic E-state index is 0.629. The topological polar surface area (TPSA) is 20.3 Å². The van der Waals surface area contributed by atoms with Crippen molar-refractivity contribution >= 4 is 6.29 Å². The van der Waals surface area contributed by atoms with Gasteiger partial charge in [0.2, 0.25) is 0 Å². The minimum Gasteiger partial charge on any atom is -0.302 e. The van der Waals surface area contributed by atoms with Crippen molar-refractivity contribution in [2.75, 3.05) is 13.1 Å². The van der Waals surface area contributed by atoms with Gasteiger partial charge in [0.05, 0.1) is 5.41 Å². The number of carbonyl (C=O) groups excluding carboxylic acids is 1. The van der Waals surface area contributed by atoms with Gasteiger partial charge < -0.3 is 4.79 Å². The molecule has 1 aliphatic heterocycles. The van der Waals surface area contributed by atoms with Crippen molar-refractivity contribution in [3.63, 3.8) is 0 Å². The zero-order valence-corrected chi connectivity index (χ0v) is 16.7. The van der Waals surface area contributed by atoms with Crippen LogP contribution in [0.2, 0.25) is 0 Å². The Morgan fingerprint density at radius 3 is 1.83 bits per heavy atom. The third-order valence-electron chi connectivity index (χ3n) is 5.92. The maximum absolute atomic E-state index is 12.6. The molecule has 0 saturated carbocycles. The molecule has 2 nitrogen and oxygen atoms in total. The van der Waals surface area contributed by atoms with Crippen molar-refractivity contribution in [3.05, 3.63) is 119 Å². The molecule has 0 spiro atoms. The third-order valence-corrected chi connectivity index (χ3v) is 5.92. The summed E-state index contributed by atoms with van der Waals surface area (Å²) in [4.78, 5) is 15.0. The maximum Gasteiger partial charge on any atom is 0.135 e. The highest BCUT2D eigenvalue weighted by atomic mass is 16.1. The first kappa shape index (κ1) is 19.4. The highest BCUT2D eigenvalue weighted by Crippen LogP contribution is 2.38. The predicted octanol–water partition coefficient (Wildman–Crippen LogP) is 5.39. The van der Waals surface area contributed by atoms with Crippen LogP contribution in [-0.4, -0.2) is 24.3 Å². The number of hydrogen-bond donors (Lipinski definition) is 0. The van der Waals surface area contributed by atoms with Gasteiger partial charge in [-0.2, -0.15) is 0 Å². The quantitative estimate of drug-likeness (QED) is 0.404. The van der Waals surface area contributed by atoms with E-state index in [2.05, 4.69) is 65.6 Å². The molecule has 0 saturated heterocycles. The number of nitrogens with zero attached hydrogens (tertiary/aromatic N) is 1. The van der Waals surface area contributed by atoms with Crippen LogP contribution in [0.5, 0.6) is 0 Å². The van der Waals surface area contributed by atoms with Crippen molar-refractivity contribution in [2.24, 2.45) is 0 Å². The van der Waals surface area contributed by atoms with Crippen molar-refractivity contribution < 1.29 is 4.79 Å². The van der Waals surface area contributed by atoms with Gasteiger partial charge in [-0.3, -0.25) is 4.90 Å². The first-order chi connectivity index (χ1) is 14.3. The van der Waals surface area contributed by atoms with E-state index in [1.165, 1.54) is 11.1 Å². The number of rotatable bonds is 7. The smallest absolute Gasteiger partial charge is 0.135 e. The predicted molar refractivity (Wildman–Crippen MR) is 119 cm³/mol. The molecule has 2 heteroatoms. The summed E-state index contributed by atoms with van der Waals surface area (Å²) in [6.07, 6.45) is 5.22. The Kier molecular flexibility index (Phi) is 6.02. The molecule has 1 aliphatic rings. The van der Waals surface area contributed by atoms with Gasteiger partial charge in [-0.05, 0) is 29.5 Å². The van der Waals surface area contributed by atoms with Crippen LogP contribution in [0.1, 0.15) is 29.5 Å². The van der Waals surface area contributed by atoms with E-state index in [-0.39, 0.29) is 0 Å². The molecule has 29 heavy (non-hydrogen) atoms. The number of hydrogen-bond acceptors (Lipinski definition) is 2. The van der Waals surface area contributed by atoms with Crippen LogP contribution in [0.15, 0.2) is 103 Å². The van der Waals surface area contributed by atoms with Gasteiger partial charge in [0.1, 0.15) is 6.29 Å². The first-order valence-corrected chi connectivity index (χ1v) is 10.3. The van der Waals surface area contributed by atoms with Crippen molar-refractivity contribution in [1.29, 1.82) is 0 Å². The molecular weight excluding hydrogens is 354 g/mol. The second kappa shape index (κ2) is 9.02. The van der Waals surface area contributed by atoms with Gasteiger partial charge in [-0.15, -0.1) is 0 Å². The molecule has 146 valence electrons. The maximum atomic E-state index is 12.6. The lowest BCUT2D eigenvalue weighted by molar-refractivity contribution is -0.111. The summed E-state index contributed by atoms with van der Waals surface area (Å²) >= 11 is 0. The molecule has 0 fully saturated rings. The number of aldehydes is 1. The van der Waals surface area contributed by atoms with E-state index in [1.54, 1.807) is 0 Å². The fraction of sp³-hybridized carbons (Fsp3) is 0.222. The lowest BCUT2D eigenvalue weighted by Crippen LogP contribution is -2.33. The summed E-state index contributed by atoms with van der Waals surface area (Å²) in [7, 11) is 0. The fourth-order valence-electron chi connectivity index (χ4n) is 4.28. The Morgan fingerprint density at radius 1 is 0.793 bits per heavy atom. The Bertz CT molecular complexity index is 908.